The summed E-state index contributed by atoms with van der Waals surface area (Å²) in [6.07, 6.45) is 3.54. The lowest BCUT2D eigenvalue weighted by molar-refractivity contribution is -0.140. The first-order valence-corrected chi connectivity index (χ1v) is 8.46. The summed E-state index contributed by atoms with van der Waals surface area (Å²) in [6.45, 7) is 14.0. The molecule has 5 heteroatoms. The first-order chi connectivity index (χ1) is 10.6. The fourth-order valence-electron chi connectivity index (χ4n) is 2.76. The fraction of sp³-hybridized carbons (Fsp3) is 0.722. The Hall–Kier alpha value is -1.65. The van der Waals surface area contributed by atoms with Crippen molar-refractivity contribution in [1.82, 2.24) is 14.9 Å². The molecular formula is C18H30N4O. The quantitative estimate of drug-likeness (QED) is 0.909. The van der Waals surface area contributed by atoms with E-state index < -0.39 is 0 Å². The Labute approximate surface area is 139 Å². The lowest BCUT2D eigenvalue weighted by Crippen LogP contribution is -2.46. The molecule has 23 heavy (non-hydrogen) atoms. The van der Waals surface area contributed by atoms with Gasteiger partial charge in [0, 0.05) is 36.0 Å². The summed E-state index contributed by atoms with van der Waals surface area (Å²) in [4.78, 5) is 23.0. The zero-order chi connectivity index (χ0) is 17.3. The Morgan fingerprint density at radius 2 is 1.74 bits per heavy atom. The van der Waals surface area contributed by atoms with E-state index in [1.807, 2.05) is 31.7 Å². The highest BCUT2D eigenvalue weighted by Crippen LogP contribution is 2.24. The first-order valence-electron chi connectivity index (χ1n) is 8.46. The lowest BCUT2D eigenvalue weighted by Gasteiger charge is -2.36. The summed E-state index contributed by atoms with van der Waals surface area (Å²) >= 11 is 0. The number of piperidine rings is 1. The van der Waals surface area contributed by atoms with Gasteiger partial charge in [-0.1, -0.05) is 41.5 Å². The van der Waals surface area contributed by atoms with Crippen LogP contribution in [0.2, 0.25) is 0 Å². The van der Waals surface area contributed by atoms with E-state index in [2.05, 4.69) is 36.1 Å². The molecule has 5 nitrogen and oxygen atoms in total. The van der Waals surface area contributed by atoms with Crippen LogP contribution in [-0.4, -0.2) is 39.9 Å². The molecule has 0 atom stereocenters. The molecule has 128 valence electrons. The van der Waals surface area contributed by atoms with E-state index in [1.54, 1.807) is 6.33 Å². The van der Waals surface area contributed by atoms with Gasteiger partial charge in [-0.05, 0) is 12.8 Å². The number of carbonyl (C=O) groups is 1. The van der Waals surface area contributed by atoms with Crippen molar-refractivity contribution in [2.24, 2.45) is 5.41 Å². The van der Waals surface area contributed by atoms with Crippen LogP contribution in [0.15, 0.2) is 12.4 Å². The Morgan fingerprint density at radius 1 is 1.13 bits per heavy atom. The summed E-state index contributed by atoms with van der Waals surface area (Å²) in [5, 5.41) is 3.50. The molecule has 1 fully saturated rings. The van der Waals surface area contributed by atoms with E-state index in [0.717, 1.165) is 37.4 Å². The molecule has 0 spiro atoms. The zero-order valence-corrected chi connectivity index (χ0v) is 15.3. The smallest absolute Gasteiger partial charge is 0.227 e. The Kier molecular flexibility index (Phi) is 4.97. The summed E-state index contributed by atoms with van der Waals surface area (Å²) in [6, 6.07) is 2.40. The van der Waals surface area contributed by atoms with Gasteiger partial charge in [0.05, 0.1) is 5.69 Å². The molecule has 0 unspecified atom stereocenters. The molecule has 1 aromatic rings. The van der Waals surface area contributed by atoms with Crippen LogP contribution in [0.4, 0.5) is 5.82 Å². The van der Waals surface area contributed by atoms with Crippen LogP contribution in [0.25, 0.3) is 0 Å². The number of nitrogens with one attached hydrogen (secondary N) is 1. The van der Waals surface area contributed by atoms with Crippen LogP contribution < -0.4 is 5.32 Å². The Bertz CT molecular complexity index is 549. The molecule has 2 rings (SSSR count). The van der Waals surface area contributed by atoms with Gasteiger partial charge >= 0.3 is 0 Å². The van der Waals surface area contributed by atoms with Gasteiger partial charge in [0.2, 0.25) is 5.91 Å². The number of aromatic nitrogens is 2. The molecular weight excluding hydrogens is 288 g/mol. The summed E-state index contributed by atoms with van der Waals surface area (Å²) in [5.41, 5.74) is 0.756. The second kappa shape index (κ2) is 6.46. The maximum absolute atomic E-state index is 12.3. The second-order valence-corrected chi connectivity index (χ2v) is 8.50. The SMILES string of the molecule is CC(C)(C)C(=O)N1CCC(Nc2cc(C(C)(C)C)ncn2)CC1. The molecule has 0 saturated carbocycles. The first kappa shape index (κ1) is 17.7. The van der Waals surface area contributed by atoms with Gasteiger partial charge in [0.15, 0.2) is 0 Å². The van der Waals surface area contributed by atoms with Crippen molar-refractivity contribution < 1.29 is 4.79 Å². The molecule has 0 aromatic carbocycles. The molecule has 1 saturated heterocycles. The predicted molar refractivity (Wildman–Crippen MR) is 93.4 cm³/mol. The van der Waals surface area contributed by atoms with Crippen LogP contribution >= 0.6 is 0 Å². The van der Waals surface area contributed by atoms with Crippen molar-refractivity contribution in [3.63, 3.8) is 0 Å². The number of rotatable bonds is 2. The van der Waals surface area contributed by atoms with E-state index in [-0.39, 0.29) is 16.7 Å². The monoisotopic (exact) mass is 318 g/mol. The van der Waals surface area contributed by atoms with Gasteiger partial charge in [-0.3, -0.25) is 4.79 Å². The van der Waals surface area contributed by atoms with Crippen molar-refractivity contribution in [1.29, 1.82) is 0 Å². The third kappa shape index (κ3) is 4.66. The zero-order valence-electron chi connectivity index (χ0n) is 15.3. The standard InChI is InChI=1S/C18H30N4O/c1-17(2,3)14-11-15(20-12-19-14)21-13-7-9-22(10-8-13)16(23)18(4,5)6/h11-13H,7-10H2,1-6H3,(H,19,20,21). The van der Waals surface area contributed by atoms with Crippen molar-refractivity contribution in [2.75, 3.05) is 18.4 Å². The Morgan fingerprint density at radius 3 is 2.26 bits per heavy atom. The molecule has 1 N–H and O–H groups in total. The lowest BCUT2D eigenvalue weighted by atomic mass is 9.92. The number of hydrogen-bond donors (Lipinski definition) is 1. The maximum atomic E-state index is 12.3. The number of carbonyl (C=O) groups excluding carboxylic acids is 1. The maximum Gasteiger partial charge on any atom is 0.227 e. The van der Waals surface area contributed by atoms with Crippen LogP contribution in [0, 0.1) is 5.41 Å². The highest BCUT2D eigenvalue weighted by Gasteiger charge is 2.30. The third-order valence-corrected chi connectivity index (χ3v) is 4.21. The highest BCUT2D eigenvalue weighted by atomic mass is 16.2. The van der Waals surface area contributed by atoms with Crippen molar-refractivity contribution in [3.05, 3.63) is 18.1 Å². The van der Waals surface area contributed by atoms with Crippen molar-refractivity contribution in [2.45, 2.75) is 65.8 Å². The van der Waals surface area contributed by atoms with Crippen LogP contribution in [-0.2, 0) is 10.2 Å². The summed E-state index contributed by atoms with van der Waals surface area (Å²) in [5.74, 6) is 1.12. The van der Waals surface area contributed by atoms with Gasteiger partial charge in [0.1, 0.15) is 12.1 Å². The van der Waals surface area contributed by atoms with E-state index in [0.29, 0.717) is 6.04 Å². The van der Waals surface area contributed by atoms with Gasteiger partial charge in [-0.15, -0.1) is 0 Å². The molecule has 2 heterocycles. The third-order valence-electron chi connectivity index (χ3n) is 4.21. The van der Waals surface area contributed by atoms with Crippen LogP contribution in [0.3, 0.4) is 0 Å². The second-order valence-electron chi connectivity index (χ2n) is 8.50. The normalized spacial score (nSPS) is 17.2. The summed E-state index contributed by atoms with van der Waals surface area (Å²) in [7, 11) is 0. The number of nitrogens with zero attached hydrogens (tertiary/aromatic N) is 3. The average molecular weight is 318 g/mol. The minimum Gasteiger partial charge on any atom is -0.367 e. The van der Waals surface area contributed by atoms with Crippen LogP contribution in [0.5, 0.6) is 0 Å². The number of likely N-dealkylation sites (tertiary alicyclic amines) is 1. The average Bonchev–Trinajstić information content (AvgIpc) is 2.46. The van der Waals surface area contributed by atoms with Crippen molar-refractivity contribution >= 4 is 11.7 Å². The highest BCUT2D eigenvalue weighted by molar-refractivity contribution is 5.81. The van der Waals surface area contributed by atoms with Gasteiger partial charge in [-0.25, -0.2) is 9.97 Å². The number of amides is 1. The van der Waals surface area contributed by atoms with E-state index in [1.165, 1.54) is 0 Å². The topological polar surface area (TPSA) is 58.1 Å². The molecule has 1 aromatic heterocycles. The Balaban J connectivity index is 1.94. The predicted octanol–water partition coefficient (Wildman–Crippen LogP) is 3.22. The summed E-state index contributed by atoms with van der Waals surface area (Å²) < 4.78 is 0. The van der Waals surface area contributed by atoms with Gasteiger partial charge in [0.25, 0.3) is 0 Å². The molecule has 1 amide bonds. The fourth-order valence-corrected chi connectivity index (χ4v) is 2.76. The molecule has 0 aliphatic carbocycles. The molecule has 1 aliphatic rings. The van der Waals surface area contributed by atoms with E-state index >= 15 is 0 Å². The minimum atomic E-state index is -0.297. The molecule has 1 aliphatic heterocycles. The molecule has 0 bridgehead atoms. The van der Waals surface area contributed by atoms with Crippen LogP contribution in [0.1, 0.15) is 60.1 Å². The van der Waals surface area contributed by atoms with E-state index in [4.69, 9.17) is 0 Å². The molecule has 0 radical (unpaired) electrons. The van der Waals surface area contributed by atoms with Gasteiger partial charge in [-0.2, -0.15) is 0 Å². The number of hydrogen-bond acceptors (Lipinski definition) is 4. The van der Waals surface area contributed by atoms with Gasteiger partial charge < -0.3 is 10.2 Å². The minimum absolute atomic E-state index is 0.0157. The van der Waals surface area contributed by atoms with Crippen molar-refractivity contribution in [3.8, 4) is 0 Å². The van der Waals surface area contributed by atoms with E-state index in [9.17, 15) is 4.79 Å². The number of anilines is 1. The largest absolute Gasteiger partial charge is 0.367 e.